The molecule has 0 N–H and O–H groups in total. The molecule has 5 aromatic rings. The van der Waals surface area contributed by atoms with E-state index in [1.807, 2.05) is 36.4 Å². The Morgan fingerprint density at radius 1 is 0.929 bits per heavy atom. The van der Waals surface area contributed by atoms with Gasteiger partial charge in [-0.2, -0.15) is 0 Å². The minimum absolute atomic E-state index is 0.144. The molecule has 1 saturated heterocycles. The van der Waals surface area contributed by atoms with Gasteiger partial charge in [-0.3, -0.25) is 24.0 Å². The number of ether oxygens (including phenoxy) is 2. The first-order chi connectivity index (χ1) is 20.4. The summed E-state index contributed by atoms with van der Waals surface area (Å²) in [4.78, 5) is 49.7. The van der Waals surface area contributed by atoms with Crippen molar-refractivity contribution in [3.8, 4) is 11.5 Å². The number of benzene rings is 3. The highest BCUT2D eigenvalue weighted by Crippen LogP contribution is 2.36. The largest absolute Gasteiger partial charge is 0.493 e. The normalized spacial score (nSPS) is 13.9. The molecule has 42 heavy (non-hydrogen) atoms. The van der Waals surface area contributed by atoms with Crippen molar-refractivity contribution in [3.05, 3.63) is 104 Å². The van der Waals surface area contributed by atoms with E-state index >= 15 is 0 Å². The number of aromatic nitrogens is 4. The minimum Gasteiger partial charge on any atom is -0.493 e. The van der Waals surface area contributed by atoms with E-state index in [4.69, 9.17) is 9.47 Å². The van der Waals surface area contributed by atoms with E-state index in [2.05, 4.69) is 14.9 Å². The summed E-state index contributed by atoms with van der Waals surface area (Å²) >= 11 is 0. The Morgan fingerprint density at radius 3 is 2.33 bits per heavy atom. The van der Waals surface area contributed by atoms with Crippen LogP contribution < -0.4 is 25.6 Å². The van der Waals surface area contributed by atoms with Gasteiger partial charge in [0.25, 0.3) is 11.2 Å². The fraction of sp³-hybridized carbons (Fsp3) is 0.267. The summed E-state index contributed by atoms with van der Waals surface area (Å²) in [5, 5.41) is 12.5. The first-order valence-electron chi connectivity index (χ1n) is 13.5. The van der Waals surface area contributed by atoms with E-state index < -0.39 is 22.2 Å². The van der Waals surface area contributed by atoms with Crippen LogP contribution in [-0.2, 0) is 6.54 Å². The topological polar surface area (TPSA) is 135 Å². The number of hydrogen-bond acceptors (Lipinski definition) is 9. The molecule has 214 valence electrons. The van der Waals surface area contributed by atoms with Gasteiger partial charge in [0, 0.05) is 42.7 Å². The van der Waals surface area contributed by atoms with Crippen LogP contribution in [0.2, 0.25) is 0 Å². The molecule has 12 nitrogen and oxygen atoms in total. The Labute approximate surface area is 239 Å². The van der Waals surface area contributed by atoms with Gasteiger partial charge < -0.3 is 14.4 Å². The van der Waals surface area contributed by atoms with Crippen molar-refractivity contribution in [1.29, 1.82) is 0 Å². The molecular formula is C30H28N6O6. The number of hydrogen-bond donors (Lipinski definition) is 0. The molecule has 12 heteroatoms. The number of anilines is 1. The minimum atomic E-state index is -0.537. The summed E-state index contributed by atoms with van der Waals surface area (Å²) in [7, 11) is 3.14. The van der Waals surface area contributed by atoms with Gasteiger partial charge in [-0.15, -0.1) is 0 Å². The molecule has 2 aromatic heterocycles. The van der Waals surface area contributed by atoms with Crippen molar-refractivity contribution in [2.45, 2.75) is 25.4 Å². The Balaban J connectivity index is 1.38. The Kier molecular flexibility index (Phi) is 7.03. The Morgan fingerprint density at radius 2 is 1.64 bits per heavy atom. The molecule has 6 rings (SSSR count). The molecule has 3 aromatic carbocycles. The molecule has 0 radical (unpaired) electrons. The summed E-state index contributed by atoms with van der Waals surface area (Å²) in [5.41, 5.74) is 0.787. The van der Waals surface area contributed by atoms with Crippen LogP contribution in [0.25, 0.3) is 21.8 Å². The third-order valence-corrected chi connectivity index (χ3v) is 7.80. The van der Waals surface area contributed by atoms with E-state index in [1.165, 1.54) is 33.7 Å². The van der Waals surface area contributed by atoms with Crippen LogP contribution >= 0.6 is 0 Å². The second-order valence-corrected chi connectivity index (χ2v) is 10.1. The van der Waals surface area contributed by atoms with Gasteiger partial charge in [-0.1, -0.05) is 30.3 Å². The zero-order valence-electron chi connectivity index (χ0n) is 23.1. The van der Waals surface area contributed by atoms with E-state index in [-0.39, 0.29) is 17.6 Å². The second-order valence-electron chi connectivity index (χ2n) is 10.1. The van der Waals surface area contributed by atoms with Crippen molar-refractivity contribution in [2.75, 3.05) is 32.2 Å². The number of fused-ring (bicyclic) bond motifs is 2. The number of nitro benzene ring substituents is 1. The summed E-state index contributed by atoms with van der Waals surface area (Å²) in [6.07, 6.45) is 2.50. The Bertz CT molecular complexity index is 1930. The van der Waals surface area contributed by atoms with Gasteiger partial charge in [0.1, 0.15) is 12.1 Å². The maximum Gasteiger partial charge on any atom is 0.332 e. The van der Waals surface area contributed by atoms with Crippen LogP contribution in [0, 0.1) is 10.1 Å². The van der Waals surface area contributed by atoms with Gasteiger partial charge >= 0.3 is 5.69 Å². The summed E-state index contributed by atoms with van der Waals surface area (Å²) < 4.78 is 13.7. The maximum absolute atomic E-state index is 13.9. The smallest absolute Gasteiger partial charge is 0.332 e. The van der Waals surface area contributed by atoms with Gasteiger partial charge in [-0.05, 0) is 30.5 Å². The molecule has 0 unspecified atom stereocenters. The molecular weight excluding hydrogens is 540 g/mol. The molecule has 1 fully saturated rings. The zero-order chi connectivity index (χ0) is 29.4. The van der Waals surface area contributed by atoms with Crippen LogP contribution in [0.1, 0.15) is 24.4 Å². The van der Waals surface area contributed by atoms with Crippen molar-refractivity contribution in [3.63, 3.8) is 0 Å². The lowest BCUT2D eigenvalue weighted by molar-refractivity contribution is -0.384. The number of rotatable bonds is 7. The molecule has 0 spiro atoms. The highest BCUT2D eigenvalue weighted by atomic mass is 16.6. The monoisotopic (exact) mass is 568 g/mol. The number of methoxy groups -OCH3 is 2. The van der Waals surface area contributed by atoms with Crippen LogP contribution in [0.3, 0.4) is 0 Å². The van der Waals surface area contributed by atoms with E-state index in [1.54, 1.807) is 20.3 Å². The third-order valence-electron chi connectivity index (χ3n) is 7.80. The van der Waals surface area contributed by atoms with Crippen LogP contribution in [0.4, 0.5) is 11.5 Å². The number of non-ortho nitro benzene ring substituents is 1. The van der Waals surface area contributed by atoms with E-state index in [0.29, 0.717) is 48.5 Å². The molecule has 1 aliphatic heterocycles. The van der Waals surface area contributed by atoms with Crippen molar-refractivity contribution < 1.29 is 14.4 Å². The third kappa shape index (κ3) is 4.70. The predicted octanol–water partition coefficient (Wildman–Crippen LogP) is 3.92. The standard InChI is InChI=1S/C30H28N6O6/c1-41-26-15-22-24(16-27(26)42-2)31-18-32-28(22)33-12-10-20(11-13-33)35-29(37)23-14-21(36(39)40)8-9-25(23)34(30(35)38)17-19-6-4-3-5-7-19/h3-9,14-16,18,20H,10-13,17H2,1-2H3. The number of nitro groups is 1. The molecule has 0 saturated carbocycles. The summed E-state index contributed by atoms with van der Waals surface area (Å²) in [6.45, 7) is 1.29. The lowest BCUT2D eigenvalue weighted by Gasteiger charge is -2.34. The van der Waals surface area contributed by atoms with Gasteiger partial charge in [0.2, 0.25) is 0 Å². The summed E-state index contributed by atoms with van der Waals surface area (Å²) in [5.74, 6) is 1.85. The summed E-state index contributed by atoms with van der Waals surface area (Å²) in [6, 6.07) is 16.8. The molecule has 3 heterocycles. The van der Waals surface area contributed by atoms with Gasteiger partial charge in [-0.25, -0.2) is 14.8 Å². The lowest BCUT2D eigenvalue weighted by Crippen LogP contribution is -2.46. The highest BCUT2D eigenvalue weighted by molar-refractivity contribution is 5.92. The Hall–Kier alpha value is -5.26. The quantitative estimate of drug-likeness (QED) is 0.211. The van der Waals surface area contributed by atoms with Crippen molar-refractivity contribution in [1.82, 2.24) is 19.1 Å². The fourth-order valence-electron chi connectivity index (χ4n) is 5.69. The molecule has 0 amide bonds. The van der Waals surface area contributed by atoms with E-state index in [0.717, 1.165) is 16.8 Å². The van der Waals surface area contributed by atoms with Crippen molar-refractivity contribution >= 4 is 33.3 Å². The average Bonchev–Trinajstić information content (AvgIpc) is 3.02. The van der Waals surface area contributed by atoms with Crippen LogP contribution in [0.15, 0.2) is 76.6 Å². The van der Waals surface area contributed by atoms with Gasteiger partial charge in [0.15, 0.2) is 11.5 Å². The second kappa shape index (κ2) is 11.0. The maximum atomic E-state index is 13.9. The van der Waals surface area contributed by atoms with Crippen LogP contribution in [-0.4, -0.2) is 51.3 Å². The molecule has 1 aliphatic rings. The lowest BCUT2D eigenvalue weighted by atomic mass is 10.0. The number of nitrogens with zero attached hydrogens (tertiary/aromatic N) is 6. The molecule has 0 bridgehead atoms. The number of piperidine rings is 1. The SMILES string of the molecule is COc1cc2ncnc(N3CCC(n4c(=O)c5cc([N+](=O)[O-])ccc5n(Cc5ccccc5)c4=O)CC3)c2cc1OC. The predicted molar refractivity (Wildman–Crippen MR) is 158 cm³/mol. The first-order valence-corrected chi connectivity index (χ1v) is 13.5. The zero-order valence-corrected chi connectivity index (χ0v) is 23.1. The van der Waals surface area contributed by atoms with Crippen LogP contribution in [0.5, 0.6) is 11.5 Å². The fourth-order valence-corrected chi connectivity index (χ4v) is 5.69. The molecule has 0 atom stereocenters. The van der Waals surface area contributed by atoms with Crippen molar-refractivity contribution in [2.24, 2.45) is 0 Å². The average molecular weight is 569 g/mol. The van der Waals surface area contributed by atoms with Gasteiger partial charge in [0.05, 0.1) is 42.1 Å². The highest BCUT2D eigenvalue weighted by Gasteiger charge is 2.28. The first kappa shape index (κ1) is 26.9. The molecule has 0 aliphatic carbocycles. The van der Waals surface area contributed by atoms with E-state index in [9.17, 15) is 19.7 Å².